The number of nitrogens with zero attached hydrogens (tertiary/aromatic N) is 3. The van der Waals surface area contributed by atoms with Crippen molar-refractivity contribution < 1.29 is 9.13 Å². The van der Waals surface area contributed by atoms with E-state index in [9.17, 15) is 4.79 Å². The molecule has 0 unspecified atom stereocenters. The van der Waals surface area contributed by atoms with E-state index in [4.69, 9.17) is 10.5 Å². The lowest BCUT2D eigenvalue weighted by Gasteiger charge is -2.38. The summed E-state index contributed by atoms with van der Waals surface area (Å²) in [5.74, 6) is 0.0347. The van der Waals surface area contributed by atoms with Crippen molar-refractivity contribution in [3.63, 3.8) is 0 Å². The topological polar surface area (TPSA) is 87.5 Å². The number of benzene rings is 2. The number of piperazine rings is 1. The summed E-state index contributed by atoms with van der Waals surface area (Å²) in [5.41, 5.74) is 9.50. The number of nitrogens with one attached hydrogen (secondary N) is 1. The summed E-state index contributed by atoms with van der Waals surface area (Å²) < 4.78 is 20.7. The van der Waals surface area contributed by atoms with Crippen LogP contribution in [0.3, 0.4) is 0 Å². The zero-order valence-corrected chi connectivity index (χ0v) is 21.4. The van der Waals surface area contributed by atoms with Crippen molar-refractivity contribution >= 4 is 22.3 Å². The van der Waals surface area contributed by atoms with Gasteiger partial charge in [0.2, 0.25) is 5.95 Å². The average Bonchev–Trinajstić information content (AvgIpc) is 2.90. The van der Waals surface area contributed by atoms with Gasteiger partial charge < -0.3 is 20.4 Å². The van der Waals surface area contributed by atoms with E-state index in [-0.39, 0.29) is 11.4 Å². The molecule has 1 aliphatic heterocycles. The largest absolute Gasteiger partial charge is 0.492 e. The molecule has 1 saturated heterocycles. The van der Waals surface area contributed by atoms with Crippen LogP contribution in [0.15, 0.2) is 59.5 Å². The first-order chi connectivity index (χ1) is 17.9. The monoisotopic (exact) mass is 501 g/mol. The highest BCUT2D eigenvalue weighted by atomic mass is 19.1. The fraction of sp³-hybridized carbons (Fsp3) is 0.310. The number of aromatic nitrogens is 2. The van der Waals surface area contributed by atoms with E-state index in [0.29, 0.717) is 40.3 Å². The molecule has 1 fully saturated rings. The molecule has 0 bridgehead atoms. The highest BCUT2D eigenvalue weighted by Crippen LogP contribution is 2.35. The predicted octanol–water partition coefficient (Wildman–Crippen LogP) is 4.91. The van der Waals surface area contributed by atoms with Crippen LogP contribution in [0.5, 0.6) is 5.75 Å². The van der Waals surface area contributed by atoms with Gasteiger partial charge in [-0.25, -0.2) is 4.98 Å². The first-order valence-electron chi connectivity index (χ1n) is 12.7. The van der Waals surface area contributed by atoms with Crippen LogP contribution in [0, 0.1) is 5.95 Å². The SMILES string of the molecule is CCOc1c[nH]c(=O)c2ccc(-c3cc(-c4ccc(N5CCN(C(C)C)CC5)cc4)c(F)nc3N)cc12. The highest BCUT2D eigenvalue weighted by Gasteiger charge is 2.20. The molecule has 3 heterocycles. The van der Waals surface area contributed by atoms with Crippen LogP contribution in [0.1, 0.15) is 20.8 Å². The Hall–Kier alpha value is -3.91. The van der Waals surface area contributed by atoms with Crippen LogP contribution in [0.2, 0.25) is 0 Å². The highest BCUT2D eigenvalue weighted by molar-refractivity contribution is 5.93. The minimum atomic E-state index is -0.619. The maximum absolute atomic E-state index is 15.0. The van der Waals surface area contributed by atoms with Gasteiger partial charge in [-0.3, -0.25) is 9.69 Å². The number of aromatic amines is 1. The van der Waals surface area contributed by atoms with Gasteiger partial charge in [0.25, 0.3) is 5.56 Å². The van der Waals surface area contributed by atoms with Crippen molar-refractivity contribution in [2.45, 2.75) is 26.8 Å². The molecular formula is C29H32FN5O2. The van der Waals surface area contributed by atoms with Gasteiger partial charge in [0.15, 0.2) is 0 Å². The van der Waals surface area contributed by atoms with Gasteiger partial charge in [-0.1, -0.05) is 18.2 Å². The smallest absolute Gasteiger partial charge is 0.256 e. The number of ether oxygens (including phenoxy) is 1. The molecule has 8 heteroatoms. The van der Waals surface area contributed by atoms with E-state index in [2.05, 4.69) is 33.6 Å². The normalized spacial score (nSPS) is 14.5. The van der Waals surface area contributed by atoms with Crippen molar-refractivity contribution in [3.8, 4) is 28.0 Å². The summed E-state index contributed by atoms with van der Waals surface area (Å²) in [4.78, 5) is 23.9. The van der Waals surface area contributed by atoms with Gasteiger partial charge in [0.1, 0.15) is 11.6 Å². The standard InChI is InChI=1S/C29H32FN5O2/c1-4-37-26-17-32-29(36)22-10-7-20(15-25(22)26)24-16-23(27(30)33-28(24)31)19-5-8-21(9-6-19)35-13-11-34(12-14-35)18(2)3/h5-10,15-18H,4,11-14H2,1-3H3,(H2,31,33)(H,32,36). The summed E-state index contributed by atoms with van der Waals surface area (Å²) in [7, 11) is 0. The Morgan fingerprint density at radius 3 is 2.38 bits per heavy atom. The molecule has 1 aliphatic rings. The third-order valence-corrected chi connectivity index (χ3v) is 7.07. The van der Waals surface area contributed by atoms with E-state index in [1.807, 2.05) is 37.3 Å². The maximum atomic E-state index is 15.0. The van der Waals surface area contributed by atoms with Crippen LogP contribution in [-0.4, -0.2) is 53.7 Å². The van der Waals surface area contributed by atoms with E-state index >= 15 is 4.39 Å². The number of hydrogen-bond donors (Lipinski definition) is 2. The minimum absolute atomic E-state index is 0.0862. The molecule has 0 spiro atoms. The van der Waals surface area contributed by atoms with Gasteiger partial charge >= 0.3 is 0 Å². The van der Waals surface area contributed by atoms with Gasteiger partial charge in [0, 0.05) is 60.6 Å². The van der Waals surface area contributed by atoms with E-state index in [0.717, 1.165) is 43.0 Å². The van der Waals surface area contributed by atoms with Crippen LogP contribution in [-0.2, 0) is 0 Å². The molecule has 5 rings (SSSR count). The number of nitrogens with two attached hydrogens (primary N) is 1. The fourth-order valence-electron chi connectivity index (χ4n) is 4.96. The summed E-state index contributed by atoms with van der Waals surface area (Å²) in [6, 6.07) is 15.6. The van der Waals surface area contributed by atoms with Gasteiger partial charge in [-0.05, 0) is 62.2 Å². The summed E-state index contributed by atoms with van der Waals surface area (Å²) in [5, 5.41) is 1.17. The summed E-state index contributed by atoms with van der Waals surface area (Å²) >= 11 is 0. The zero-order valence-electron chi connectivity index (χ0n) is 21.4. The first-order valence-corrected chi connectivity index (χ1v) is 12.7. The second-order valence-corrected chi connectivity index (χ2v) is 9.60. The summed E-state index contributed by atoms with van der Waals surface area (Å²) in [6.45, 7) is 10.8. The Morgan fingerprint density at radius 1 is 1.00 bits per heavy atom. The molecular weight excluding hydrogens is 469 g/mol. The molecule has 0 saturated carbocycles. The molecule has 192 valence electrons. The number of rotatable bonds is 6. The molecule has 2 aromatic carbocycles. The molecule has 7 nitrogen and oxygen atoms in total. The lowest BCUT2D eigenvalue weighted by Crippen LogP contribution is -2.48. The maximum Gasteiger partial charge on any atom is 0.256 e. The van der Waals surface area contributed by atoms with E-state index in [1.165, 1.54) is 0 Å². The average molecular weight is 502 g/mol. The van der Waals surface area contributed by atoms with E-state index < -0.39 is 5.95 Å². The molecule has 0 radical (unpaired) electrons. The molecule has 0 aliphatic carbocycles. The molecule has 0 amide bonds. The first kappa shape index (κ1) is 24.8. The van der Waals surface area contributed by atoms with Crippen LogP contribution < -0.4 is 20.9 Å². The van der Waals surface area contributed by atoms with E-state index in [1.54, 1.807) is 24.4 Å². The Bertz CT molecular complexity index is 1470. The van der Waals surface area contributed by atoms with Gasteiger partial charge in [0.05, 0.1) is 12.0 Å². The molecule has 0 atom stereocenters. The number of anilines is 2. The van der Waals surface area contributed by atoms with Crippen molar-refractivity contribution in [2.75, 3.05) is 43.4 Å². The number of hydrogen-bond acceptors (Lipinski definition) is 6. The Kier molecular flexibility index (Phi) is 6.84. The van der Waals surface area contributed by atoms with Crippen molar-refractivity contribution in [1.29, 1.82) is 0 Å². The Labute approximate surface area is 215 Å². The van der Waals surface area contributed by atoms with Crippen molar-refractivity contribution in [2.24, 2.45) is 0 Å². The van der Waals surface area contributed by atoms with Crippen LogP contribution in [0.4, 0.5) is 15.9 Å². The van der Waals surface area contributed by atoms with Gasteiger partial charge in [-0.2, -0.15) is 4.39 Å². The minimum Gasteiger partial charge on any atom is -0.492 e. The predicted molar refractivity (Wildman–Crippen MR) is 148 cm³/mol. The number of fused-ring (bicyclic) bond motifs is 1. The van der Waals surface area contributed by atoms with Crippen molar-refractivity contribution in [1.82, 2.24) is 14.9 Å². The number of nitrogen functional groups attached to an aromatic ring is 1. The van der Waals surface area contributed by atoms with Crippen LogP contribution >= 0.6 is 0 Å². The van der Waals surface area contributed by atoms with Crippen molar-refractivity contribution in [3.05, 3.63) is 71.0 Å². The summed E-state index contributed by atoms with van der Waals surface area (Å²) in [6.07, 6.45) is 1.56. The number of pyridine rings is 2. The second-order valence-electron chi connectivity index (χ2n) is 9.60. The third kappa shape index (κ3) is 4.89. The van der Waals surface area contributed by atoms with Gasteiger partial charge in [-0.15, -0.1) is 0 Å². The quantitative estimate of drug-likeness (QED) is 0.365. The Morgan fingerprint density at radius 2 is 1.70 bits per heavy atom. The zero-order chi connectivity index (χ0) is 26.1. The number of halogens is 1. The molecule has 3 N–H and O–H groups in total. The molecule has 2 aromatic heterocycles. The lowest BCUT2D eigenvalue weighted by atomic mass is 9.98. The fourth-order valence-corrected chi connectivity index (χ4v) is 4.96. The second kappa shape index (κ2) is 10.2. The number of H-pyrrole nitrogens is 1. The molecule has 37 heavy (non-hydrogen) atoms. The lowest BCUT2D eigenvalue weighted by molar-refractivity contribution is 0.209. The molecule has 4 aromatic rings. The Balaban J connectivity index is 1.47. The third-order valence-electron chi connectivity index (χ3n) is 7.07. The van der Waals surface area contributed by atoms with Crippen LogP contribution in [0.25, 0.3) is 33.0 Å².